The molecule has 1 N–H and O–H groups in total. The number of carbonyl (C=O) groups is 1. The Morgan fingerprint density at radius 1 is 1.03 bits per heavy atom. The molecule has 0 radical (unpaired) electrons. The average Bonchev–Trinajstić information content (AvgIpc) is 3.01. The van der Waals surface area contributed by atoms with E-state index in [1.807, 2.05) is 6.08 Å². The van der Waals surface area contributed by atoms with Gasteiger partial charge in [0.15, 0.2) is 0 Å². The van der Waals surface area contributed by atoms with Gasteiger partial charge in [-0.25, -0.2) is 0 Å². The minimum atomic E-state index is -0.0982. The number of halogens is 3. The van der Waals surface area contributed by atoms with Gasteiger partial charge in [0.25, 0.3) is 0 Å². The molecule has 1 amide bonds. The van der Waals surface area contributed by atoms with E-state index in [0.717, 1.165) is 48.2 Å². The van der Waals surface area contributed by atoms with Gasteiger partial charge in [-0.3, -0.25) is 4.79 Å². The van der Waals surface area contributed by atoms with E-state index in [-0.39, 0.29) is 29.9 Å². The van der Waals surface area contributed by atoms with E-state index < -0.39 is 0 Å². The molecule has 0 aromatic heterocycles. The second-order valence-corrected chi connectivity index (χ2v) is 10.2. The van der Waals surface area contributed by atoms with Crippen LogP contribution in [0.15, 0.2) is 42.0 Å². The molecular formula is C26H31Cl2IN2O3. The van der Waals surface area contributed by atoms with E-state index in [0.29, 0.717) is 47.0 Å². The van der Waals surface area contributed by atoms with E-state index in [1.165, 1.54) is 5.56 Å². The smallest absolute Gasteiger partial charge is 0.247 e. The monoisotopic (exact) mass is 616 g/mol. The first kappa shape index (κ1) is 27.3. The molecule has 0 unspecified atom stereocenters. The van der Waals surface area contributed by atoms with Crippen LogP contribution < -0.4 is 34.0 Å². The zero-order chi connectivity index (χ0) is 23.4. The summed E-state index contributed by atoms with van der Waals surface area (Å²) in [6, 6.07) is 12.6. The van der Waals surface area contributed by atoms with Crippen molar-refractivity contribution in [3.05, 3.63) is 68.7 Å². The third kappa shape index (κ3) is 6.88. The number of nitrogens with zero attached hydrogens (tertiary/aromatic N) is 1. The molecule has 1 fully saturated rings. The number of ether oxygens (including phenoxy) is 2. The van der Waals surface area contributed by atoms with Crippen LogP contribution in [-0.4, -0.2) is 50.3 Å². The summed E-state index contributed by atoms with van der Waals surface area (Å²) in [6.45, 7) is 3.60. The van der Waals surface area contributed by atoms with Crippen molar-refractivity contribution in [2.45, 2.75) is 38.4 Å². The summed E-state index contributed by atoms with van der Waals surface area (Å²) in [5, 5.41) is 3.91. The Hall–Kier alpha value is -1.32. The standard InChI is InChI=1S/C26H30Cl2N2O3.HI/c1-30(2,22-8-10-32-11-9-22)17-19-5-3-18(4-6-19)16-29-26(31)20-7-12-33-25-15-24(28)23(27)14-21(25)13-20;/h3-6,13-15,22H,7-12,16-17H2,1-2H3;1H. The van der Waals surface area contributed by atoms with Gasteiger partial charge in [0.05, 0.1) is 50.0 Å². The second kappa shape index (κ2) is 12.1. The van der Waals surface area contributed by atoms with Crippen LogP contribution in [0.1, 0.15) is 36.0 Å². The number of hydrogen-bond acceptors (Lipinski definition) is 3. The van der Waals surface area contributed by atoms with Crippen LogP contribution in [0.2, 0.25) is 10.0 Å². The Balaban J connectivity index is 0.00000324. The molecular weight excluding hydrogens is 586 g/mol. The zero-order valence-corrected chi connectivity index (χ0v) is 23.3. The van der Waals surface area contributed by atoms with Gasteiger partial charge in [-0.2, -0.15) is 0 Å². The fraction of sp³-hybridized carbons (Fsp3) is 0.423. The van der Waals surface area contributed by atoms with Crippen LogP contribution in [0.25, 0.3) is 6.08 Å². The third-order valence-electron chi connectivity index (χ3n) is 6.55. The first-order chi connectivity index (χ1) is 15.8. The summed E-state index contributed by atoms with van der Waals surface area (Å²) < 4.78 is 12.2. The van der Waals surface area contributed by atoms with Crippen LogP contribution in [0, 0.1) is 0 Å². The summed E-state index contributed by atoms with van der Waals surface area (Å²) in [7, 11) is 4.60. The Bertz CT molecular complexity index is 1040. The molecule has 2 aromatic rings. The van der Waals surface area contributed by atoms with Crippen molar-refractivity contribution in [2.24, 2.45) is 0 Å². The van der Waals surface area contributed by atoms with Crippen molar-refractivity contribution in [1.82, 2.24) is 5.32 Å². The highest BCUT2D eigenvalue weighted by Crippen LogP contribution is 2.34. The Morgan fingerprint density at radius 2 is 1.68 bits per heavy atom. The number of quaternary nitrogens is 1. The second-order valence-electron chi connectivity index (χ2n) is 9.35. The largest absolute Gasteiger partial charge is 1.00 e. The maximum absolute atomic E-state index is 12.8. The van der Waals surface area contributed by atoms with Gasteiger partial charge in [-0.05, 0) is 17.7 Å². The molecule has 2 aliphatic rings. The summed E-state index contributed by atoms with van der Waals surface area (Å²) in [5.41, 5.74) is 3.81. The molecule has 8 heteroatoms. The van der Waals surface area contributed by atoms with Gasteiger partial charge in [0, 0.05) is 48.6 Å². The highest BCUT2D eigenvalue weighted by Gasteiger charge is 2.30. The molecule has 1 saturated heterocycles. The fourth-order valence-electron chi connectivity index (χ4n) is 4.53. The van der Waals surface area contributed by atoms with Crippen molar-refractivity contribution < 1.29 is 42.7 Å². The Morgan fingerprint density at radius 3 is 2.38 bits per heavy atom. The van der Waals surface area contributed by atoms with Crippen LogP contribution in [0.4, 0.5) is 0 Å². The quantitative estimate of drug-likeness (QED) is 0.400. The molecule has 2 aliphatic heterocycles. The predicted molar refractivity (Wildman–Crippen MR) is 132 cm³/mol. The maximum Gasteiger partial charge on any atom is 0.247 e. The summed E-state index contributed by atoms with van der Waals surface area (Å²) >= 11 is 12.2. The van der Waals surface area contributed by atoms with E-state index in [2.05, 4.69) is 43.7 Å². The molecule has 0 saturated carbocycles. The molecule has 34 heavy (non-hydrogen) atoms. The molecule has 0 spiro atoms. The highest BCUT2D eigenvalue weighted by molar-refractivity contribution is 6.42. The molecule has 5 nitrogen and oxygen atoms in total. The number of amides is 1. The van der Waals surface area contributed by atoms with Crippen molar-refractivity contribution in [1.29, 1.82) is 0 Å². The number of benzene rings is 2. The summed E-state index contributed by atoms with van der Waals surface area (Å²) in [4.78, 5) is 12.8. The summed E-state index contributed by atoms with van der Waals surface area (Å²) in [5.74, 6) is 0.545. The van der Waals surface area contributed by atoms with Gasteiger partial charge in [-0.15, -0.1) is 0 Å². The van der Waals surface area contributed by atoms with Crippen molar-refractivity contribution in [3.8, 4) is 5.75 Å². The van der Waals surface area contributed by atoms with Gasteiger partial charge < -0.3 is 43.3 Å². The topological polar surface area (TPSA) is 47.6 Å². The molecule has 184 valence electrons. The number of nitrogens with one attached hydrogen (secondary N) is 1. The zero-order valence-electron chi connectivity index (χ0n) is 19.6. The number of rotatable bonds is 6. The van der Waals surface area contributed by atoms with E-state index >= 15 is 0 Å². The number of fused-ring (bicyclic) bond motifs is 1. The normalized spacial score (nSPS) is 16.4. The summed E-state index contributed by atoms with van der Waals surface area (Å²) in [6.07, 6.45) is 4.58. The van der Waals surface area contributed by atoms with Gasteiger partial charge >= 0.3 is 0 Å². The number of carbonyl (C=O) groups excluding carboxylic acids is 1. The molecule has 4 rings (SSSR count). The van der Waals surface area contributed by atoms with Crippen molar-refractivity contribution in [2.75, 3.05) is 33.9 Å². The Kier molecular flexibility index (Phi) is 9.69. The van der Waals surface area contributed by atoms with Crippen LogP contribution >= 0.6 is 23.2 Å². The minimum Gasteiger partial charge on any atom is -1.00 e. The average molecular weight is 617 g/mol. The lowest BCUT2D eigenvalue weighted by Gasteiger charge is -2.40. The van der Waals surface area contributed by atoms with E-state index in [9.17, 15) is 4.79 Å². The van der Waals surface area contributed by atoms with Crippen molar-refractivity contribution in [3.63, 3.8) is 0 Å². The Labute approximate surface area is 229 Å². The first-order valence-electron chi connectivity index (χ1n) is 11.4. The van der Waals surface area contributed by atoms with E-state index in [4.69, 9.17) is 32.7 Å². The van der Waals surface area contributed by atoms with Crippen LogP contribution in [0.3, 0.4) is 0 Å². The SMILES string of the molecule is C[N+](C)(Cc1ccc(CNC(=O)C2=Cc3cc(Cl)c(Cl)cc3OCC2)cc1)C1CCOCC1.[I-]. The molecule has 2 heterocycles. The van der Waals surface area contributed by atoms with Crippen molar-refractivity contribution >= 4 is 35.2 Å². The minimum absolute atomic E-state index is 0. The van der Waals surface area contributed by atoms with Gasteiger partial charge in [0.2, 0.25) is 5.91 Å². The van der Waals surface area contributed by atoms with Crippen LogP contribution in [-0.2, 0) is 22.6 Å². The molecule has 0 atom stereocenters. The first-order valence-corrected chi connectivity index (χ1v) is 12.2. The fourth-order valence-corrected chi connectivity index (χ4v) is 4.86. The lowest BCUT2D eigenvalue weighted by atomic mass is 10.0. The predicted octanol–water partition coefficient (Wildman–Crippen LogP) is 2.24. The molecule has 0 aliphatic carbocycles. The molecule has 2 aromatic carbocycles. The third-order valence-corrected chi connectivity index (χ3v) is 7.27. The lowest BCUT2D eigenvalue weighted by Crippen LogP contribution is -3.00. The molecule has 0 bridgehead atoms. The van der Waals surface area contributed by atoms with Crippen LogP contribution in [0.5, 0.6) is 5.75 Å². The van der Waals surface area contributed by atoms with E-state index in [1.54, 1.807) is 12.1 Å². The highest BCUT2D eigenvalue weighted by atomic mass is 127. The maximum atomic E-state index is 12.8. The lowest BCUT2D eigenvalue weighted by molar-refractivity contribution is -0.929. The number of hydrogen-bond donors (Lipinski definition) is 1. The van der Waals surface area contributed by atoms with Gasteiger partial charge in [-0.1, -0.05) is 47.5 Å². The van der Waals surface area contributed by atoms with Gasteiger partial charge in [0.1, 0.15) is 12.3 Å².